The molecule has 0 fully saturated rings. The van der Waals surface area contributed by atoms with E-state index in [0.717, 1.165) is 6.20 Å². The number of nitrogen functional groups attached to an aromatic ring is 1. The van der Waals surface area contributed by atoms with Crippen molar-refractivity contribution in [3.8, 4) is 0 Å². The highest BCUT2D eigenvalue weighted by Gasteiger charge is 2.40. The molecular formula is C9H13F2N3O4. The first-order valence-corrected chi connectivity index (χ1v) is 4.94. The van der Waals surface area contributed by atoms with Gasteiger partial charge in [-0.25, -0.2) is 13.6 Å². The van der Waals surface area contributed by atoms with Gasteiger partial charge in [-0.1, -0.05) is 0 Å². The first kappa shape index (κ1) is 14.3. The number of nitrogens with zero attached hydrogens (tertiary/aromatic N) is 2. The number of hydrogen-bond acceptors (Lipinski definition) is 6. The summed E-state index contributed by atoms with van der Waals surface area (Å²) in [7, 11) is 0. The molecule has 0 radical (unpaired) electrons. The average Bonchev–Trinajstić information content (AvgIpc) is 2.26. The largest absolute Gasteiger partial charge is 0.401 e. The van der Waals surface area contributed by atoms with E-state index in [1.165, 1.54) is 6.07 Å². The highest BCUT2D eigenvalue weighted by molar-refractivity contribution is 5.23. The van der Waals surface area contributed by atoms with Gasteiger partial charge in [0, 0.05) is 13.0 Å². The Morgan fingerprint density at radius 2 is 2.28 bits per heavy atom. The van der Waals surface area contributed by atoms with Gasteiger partial charge in [0.2, 0.25) is 0 Å². The molecule has 0 aromatic carbocycles. The van der Waals surface area contributed by atoms with Crippen LogP contribution in [-0.2, 0) is 0 Å². The Labute approximate surface area is 100 Å². The predicted octanol–water partition coefficient (Wildman–Crippen LogP) is -1.37. The van der Waals surface area contributed by atoms with Gasteiger partial charge in [0.15, 0.2) is 12.2 Å². The third kappa shape index (κ3) is 3.37. The number of rotatable bonds is 5. The SMILES string of the molecule is CC(F)(F)C(O)[C@@H](CO)On1ccc(N)nc1=O. The third-order valence-corrected chi connectivity index (χ3v) is 2.09. The van der Waals surface area contributed by atoms with Gasteiger partial charge in [0.05, 0.1) is 12.8 Å². The van der Waals surface area contributed by atoms with Gasteiger partial charge < -0.3 is 20.8 Å². The lowest BCUT2D eigenvalue weighted by molar-refractivity contribution is -0.168. The minimum absolute atomic E-state index is 0.0678. The van der Waals surface area contributed by atoms with Crippen LogP contribution in [0.4, 0.5) is 14.6 Å². The van der Waals surface area contributed by atoms with Crippen molar-refractivity contribution >= 4 is 5.82 Å². The Hall–Kier alpha value is -1.74. The van der Waals surface area contributed by atoms with Crippen molar-refractivity contribution in [3.05, 3.63) is 22.7 Å². The summed E-state index contributed by atoms with van der Waals surface area (Å²) in [4.78, 5) is 19.3. The Bertz CT molecular complexity index is 460. The van der Waals surface area contributed by atoms with Crippen LogP contribution in [0.3, 0.4) is 0 Å². The number of aliphatic hydroxyl groups is 2. The first-order valence-electron chi connectivity index (χ1n) is 4.94. The predicted molar refractivity (Wildman–Crippen MR) is 57.0 cm³/mol. The standard InChI is InChI=1S/C9H13F2N3O4/c1-9(10,11)7(16)5(4-15)18-14-3-2-6(12)13-8(14)17/h2-3,5,7,15-16H,4H2,1H3,(H2,12,13,17)/t5-,7?/m1/s1. The quantitative estimate of drug-likeness (QED) is 0.606. The molecule has 0 spiro atoms. The summed E-state index contributed by atoms with van der Waals surface area (Å²) in [6.45, 7) is -0.435. The summed E-state index contributed by atoms with van der Waals surface area (Å²) in [6.07, 6.45) is -2.89. The van der Waals surface area contributed by atoms with E-state index in [9.17, 15) is 18.7 Å². The number of aromatic nitrogens is 2. The molecule has 1 aromatic heterocycles. The van der Waals surface area contributed by atoms with Crippen molar-refractivity contribution in [3.63, 3.8) is 0 Å². The molecule has 1 heterocycles. The van der Waals surface area contributed by atoms with Crippen LogP contribution < -0.4 is 16.3 Å². The summed E-state index contributed by atoms with van der Waals surface area (Å²) in [5.41, 5.74) is 4.28. The summed E-state index contributed by atoms with van der Waals surface area (Å²) < 4.78 is 26.2. The number of aliphatic hydroxyl groups excluding tert-OH is 2. The van der Waals surface area contributed by atoms with Crippen molar-refractivity contribution in [2.24, 2.45) is 0 Å². The molecule has 102 valence electrons. The lowest BCUT2D eigenvalue weighted by Gasteiger charge is -2.26. The van der Waals surface area contributed by atoms with Crippen molar-refractivity contribution in [1.29, 1.82) is 0 Å². The fraction of sp³-hybridized carbons (Fsp3) is 0.556. The smallest absolute Gasteiger partial charge is 0.382 e. The first-order chi connectivity index (χ1) is 8.25. The molecule has 1 aromatic rings. The molecular weight excluding hydrogens is 252 g/mol. The van der Waals surface area contributed by atoms with E-state index in [1.807, 2.05) is 0 Å². The maximum atomic E-state index is 12.9. The lowest BCUT2D eigenvalue weighted by atomic mass is 10.1. The number of anilines is 1. The summed E-state index contributed by atoms with van der Waals surface area (Å²) in [5, 5.41) is 18.1. The van der Waals surface area contributed by atoms with Crippen molar-refractivity contribution in [1.82, 2.24) is 9.71 Å². The molecule has 7 nitrogen and oxygen atoms in total. The molecule has 0 saturated heterocycles. The van der Waals surface area contributed by atoms with E-state index >= 15 is 0 Å². The van der Waals surface area contributed by atoms with Crippen LogP contribution in [0.1, 0.15) is 6.92 Å². The monoisotopic (exact) mass is 265 g/mol. The Morgan fingerprint density at radius 3 is 2.72 bits per heavy atom. The van der Waals surface area contributed by atoms with Crippen LogP contribution in [-0.4, -0.2) is 44.7 Å². The van der Waals surface area contributed by atoms with E-state index in [2.05, 4.69) is 4.98 Å². The second-order valence-corrected chi connectivity index (χ2v) is 3.69. The maximum Gasteiger partial charge on any atom is 0.382 e. The van der Waals surface area contributed by atoms with Gasteiger partial charge in [-0.2, -0.15) is 4.98 Å². The fourth-order valence-corrected chi connectivity index (χ4v) is 1.15. The van der Waals surface area contributed by atoms with Gasteiger partial charge in [-0.05, 0) is 0 Å². The van der Waals surface area contributed by atoms with Crippen LogP contribution in [0.15, 0.2) is 17.1 Å². The topological polar surface area (TPSA) is 111 Å². The zero-order chi connectivity index (χ0) is 13.9. The molecule has 0 amide bonds. The zero-order valence-corrected chi connectivity index (χ0v) is 9.46. The number of alkyl halides is 2. The van der Waals surface area contributed by atoms with Crippen LogP contribution in [0.2, 0.25) is 0 Å². The second kappa shape index (κ2) is 5.27. The van der Waals surface area contributed by atoms with Crippen LogP contribution in [0, 0.1) is 0 Å². The number of nitrogens with two attached hydrogens (primary N) is 1. The van der Waals surface area contributed by atoms with Crippen LogP contribution in [0.25, 0.3) is 0 Å². The van der Waals surface area contributed by atoms with E-state index < -0.39 is 30.4 Å². The zero-order valence-electron chi connectivity index (χ0n) is 9.46. The van der Waals surface area contributed by atoms with Crippen molar-refractivity contribution in [2.45, 2.75) is 25.1 Å². The number of hydrogen-bond donors (Lipinski definition) is 3. The Balaban J connectivity index is 2.90. The molecule has 4 N–H and O–H groups in total. The highest BCUT2D eigenvalue weighted by Crippen LogP contribution is 2.20. The van der Waals surface area contributed by atoms with Gasteiger partial charge >= 0.3 is 5.69 Å². The molecule has 0 aliphatic heterocycles. The highest BCUT2D eigenvalue weighted by atomic mass is 19.3. The molecule has 1 unspecified atom stereocenters. The number of halogens is 2. The minimum atomic E-state index is -3.49. The minimum Gasteiger partial charge on any atom is -0.401 e. The molecule has 0 saturated carbocycles. The van der Waals surface area contributed by atoms with E-state index in [0.29, 0.717) is 11.7 Å². The second-order valence-electron chi connectivity index (χ2n) is 3.69. The maximum absolute atomic E-state index is 12.9. The van der Waals surface area contributed by atoms with Crippen molar-refractivity contribution in [2.75, 3.05) is 12.3 Å². The normalized spacial score (nSPS) is 15.2. The molecule has 2 atom stereocenters. The molecule has 18 heavy (non-hydrogen) atoms. The average molecular weight is 265 g/mol. The molecule has 0 bridgehead atoms. The summed E-state index contributed by atoms with van der Waals surface area (Å²) >= 11 is 0. The van der Waals surface area contributed by atoms with Gasteiger partial charge in [-0.15, -0.1) is 4.73 Å². The van der Waals surface area contributed by atoms with Crippen LogP contribution in [0.5, 0.6) is 0 Å². The lowest BCUT2D eigenvalue weighted by Crippen LogP contribution is -2.50. The van der Waals surface area contributed by atoms with Crippen LogP contribution >= 0.6 is 0 Å². The van der Waals surface area contributed by atoms with Gasteiger partial charge in [-0.3, -0.25) is 0 Å². The Kier molecular flexibility index (Phi) is 4.19. The molecule has 1 rings (SSSR count). The van der Waals surface area contributed by atoms with E-state index in [1.54, 1.807) is 0 Å². The Morgan fingerprint density at radius 1 is 1.67 bits per heavy atom. The van der Waals surface area contributed by atoms with E-state index in [-0.39, 0.29) is 5.82 Å². The summed E-state index contributed by atoms with van der Waals surface area (Å²) in [5.74, 6) is -3.56. The molecule has 0 aliphatic carbocycles. The van der Waals surface area contributed by atoms with Crippen molar-refractivity contribution < 1.29 is 23.8 Å². The summed E-state index contributed by atoms with van der Waals surface area (Å²) in [6, 6.07) is 1.20. The third-order valence-electron chi connectivity index (χ3n) is 2.09. The molecule has 9 heteroatoms. The van der Waals surface area contributed by atoms with E-state index in [4.69, 9.17) is 15.7 Å². The fourth-order valence-electron chi connectivity index (χ4n) is 1.15. The van der Waals surface area contributed by atoms with Gasteiger partial charge in [0.1, 0.15) is 5.82 Å². The van der Waals surface area contributed by atoms with Gasteiger partial charge in [0.25, 0.3) is 5.92 Å². The molecule has 0 aliphatic rings.